The predicted octanol–water partition coefficient (Wildman–Crippen LogP) is 2.79. The summed E-state index contributed by atoms with van der Waals surface area (Å²) in [6.45, 7) is 4.45. The van der Waals surface area contributed by atoms with Crippen molar-refractivity contribution in [3.05, 3.63) is 42.0 Å². The number of benzene rings is 2. The highest BCUT2D eigenvalue weighted by atomic mass is 16.5. The number of aliphatic hydroxyl groups is 1. The maximum Gasteiger partial charge on any atom is 0.303 e. The summed E-state index contributed by atoms with van der Waals surface area (Å²) in [5.74, 6) is -0.0289. The van der Waals surface area contributed by atoms with Crippen LogP contribution in [-0.4, -0.2) is 59.1 Å². The van der Waals surface area contributed by atoms with Crippen LogP contribution in [0.3, 0.4) is 0 Å². The molecule has 9 heteroatoms. The Labute approximate surface area is 192 Å². The molecule has 0 unspecified atom stereocenters. The number of carboxylic acids is 1. The number of ether oxygens (including phenoxy) is 2. The molecule has 0 saturated carbocycles. The highest BCUT2D eigenvalue weighted by Gasteiger charge is 2.32. The molecule has 2 aromatic carbocycles. The van der Waals surface area contributed by atoms with E-state index in [1.54, 1.807) is 6.07 Å². The molecule has 0 radical (unpaired) electrons. The third-order valence-corrected chi connectivity index (χ3v) is 5.38. The Morgan fingerprint density at radius 1 is 1.24 bits per heavy atom. The van der Waals surface area contributed by atoms with E-state index in [0.717, 1.165) is 5.56 Å². The van der Waals surface area contributed by atoms with Gasteiger partial charge in [-0.15, -0.1) is 0 Å². The second kappa shape index (κ2) is 10.4. The fourth-order valence-electron chi connectivity index (χ4n) is 3.93. The molecular weight excluding hydrogens is 428 g/mol. The van der Waals surface area contributed by atoms with Crippen LogP contribution < -0.4 is 19.7 Å². The Morgan fingerprint density at radius 3 is 2.64 bits per heavy atom. The van der Waals surface area contributed by atoms with Gasteiger partial charge in [-0.3, -0.25) is 9.59 Å². The first-order chi connectivity index (χ1) is 15.7. The summed E-state index contributed by atoms with van der Waals surface area (Å²) in [5, 5.41) is 31.4. The van der Waals surface area contributed by atoms with E-state index in [4.69, 9.17) is 14.6 Å². The molecule has 1 heterocycles. The summed E-state index contributed by atoms with van der Waals surface area (Å²) < 4.78 is 11.3. The number of nitrogens with zero attached hydrogens (tertiary/aromatic N) is 1. The van der Waals surface area contributed by atoms with Crippen LogP contribution in [-0.2, 0) is 16.0 Å². The Morgan fingerprint density at radius 2 is 1.97 bits per heavy atom. The number of hydrogen-bond acceptors (Lipinski definition) is 7. The number of hydrogen-bond donors (Lipinski definition) is 4. The average Bonchev–Trinajstić information content (AvgIpc) is 2.75. The smallest absolute Gasteiger partial charge is 0.303 e. The monoisotopic (exact) mass is 458 g/mol. The average molecular weight is 459 g/mol. The van der Waals surface area contributed by atoms with Crippen molar-refractivity contribution < 1.29 is 34.4 Å². The molecule has 1 aliphatic heterocycles. The van der Waals surface area contributed by atoms with Gasteiger partial charge in [-0.25, -0.2) is 0 Å². The number of aromatic hydroxyl groups is 1. The molecule has 33 heavy (non-hydrogen) atoms. The fourth-order valence-corrected chi connectivity index (χ4v) is 3.93. The number of carbonyl (C=O) groups excluding carboxylic acids is 1. The number of nitrogens with one attached hydrogen (secondary N) is 1. The number of phenolic OH excluding ortho intramolecular Hbond substituents is 1. The summed E-state index contributed by atoms with van der Waals surface area (Å²) in [6.07, 6.45) is 1.12. The van der Waals surface area contributed by atoms with Gasteiger partial charge in [0.05, 0.1) is 24.6 Å². The first-order valence-corrected chi connectivity index (χ1v) is 10.8. The maximum absolute atomic E-state index is 11.7. The van der Waals surface area contributed by atoms with Gasteiger partial charge >= 0.3 is 5.97 Å². The molecular formula is C24H30N2O7. The van der Waals surface area contributed by atoms with E-state index in [1.807, 2.05) is 43.0 Å². The molecule has 3 rings (SSSR count). The van der Waals surface area contributed by atoms with Crippen molar-refractivity contribution in [2.24, 2.45) is 0 Å². The minimum absolute atomic E-state index is 0.0160. The largest absolute Gasteiger partial charge is 0.508 e. The van der Waals surface area contributed by atoms with E-state index in [1.165, 1.54) is 6.07 Å². The van der Waals surface area contributed by atoms with Crippen LogP contribution in [0.25, 0.3) is 0 Å². The predicted molar refractivity (Wildman–Crippen MR) is 123 cm³/mol. The molecule has 0 spiro atoms. The van der Waals surface area contributed by atoms with Crippen molar-refractivity contribution in [2.45, 2.75) is 38.6 Å². The lowest BCUT2D eigenvalue weighted by molar-refractivity contribution is -0.137. The quantitative estimate of drug-likeness (QED) is 0.379. The molecule has 9 nitrogen and oxygen atoms in total. The first-order valence-electron chi connectivity index (χ1n) is 10.8. The van der Waals surface area contributed by atoms with Crippen LogP contribution in [0.5, 0.6) is 17.2 Å². The highest BCUT2D eigenvalue weighted by Crippen LogP contribution is 2.44. The normalized spacial score (nSPS) is 13.0. The number of anilines is 2. The zero-order valence-electron chi connectivity index (χ0n) is 18.8. The minimum atomic E-state index is -0.843. The summed E-state index contributed by atoms with van der Waals surface area (Å²) in [7, 11) is 0. The second-order valence-electron chi connectivity index (χ2n) is 8.53. The molecule has 0 aromatic heterocycles. The van der Waals surface area contributed by atoms with E-state index >= 15 is 0 Å². The molecule has 0 atom stereocenters. The van der Waals surface area contributed by atoms with Gasteiger partial charge in [0.2, 0.25) is 0 Å². The Kier molecular flexibility index (Phi) is 7.65. The topological polar surface area (TPSA) is 129 Å². The van der Waals surface area contributed by atoms with Crippen LogP contribution >= 0.6 is 0 Å². The van der Waals surface area contributed by atoms with Crippen LogP contribution in [0, 0.1) is 0 Å². The van der Waals surface area contributed by atoms with Gasteiger partial charge in [-0.2, -0.15) is 0 Å². The lowest BCUT2D eigenvalue weighted by Crippen LogP contribution is -2.47. The molecule has 0 bridgehead atoms. The number of phenols is 1. The van der Waals surface area contributed by atoms with Gasteiger partial charge in [-0.05, 0) is 44.4 Å². The van der Waals surface area contributed by atoms with E-state index in [0.29, 0.717) is 48.9 Å². The van der Waals surface area contributed by atoms with E-state index in [-0.39, 0.29) is 31.3 Å². The Bertz CT molecular complexity index is 989. The summed E-state index contributed by atoms with van der Waals surface area (Å²) in [4.78, 5) is 24.3. The molecule has 1 aliphatic rings. The van der Waals surface area contributed by atoms with Gasteiger partial charge in [-0.1, -0.05) is 12.1 Å². The van der Waals surface area contributed by atoms with Crippen molar-refractivity contribution in [3.8, 4) is 17.2 Å². The molecule has 178 valence electrons. The molecule has 0 fully saturated rings. The van der Waals surface area contributed by atoms with E-state index in [2.05, 4.69) is 5.32 Å². The van der Waals surface area contributed by atoms with Crippen molar-refractivity contribution in [1.82, 2.24) is 0 Å². The van der Waals surface area contributed by atoms with Crippen LogP contribution in [0.4, 0.5) is 11.4 Å². The van der Waals surface area contributed by atoms with Gasteiger partial charge in [0, 0.05) is 30.6 Å². The summed E-state index contributed by atoms with van der Waals surface area (Å²) in [6, 6.07) is 10.6. The molecule has 0 saturated heterocycles. The third kappa shape index (κ3) is 6.29. The number of rotatable bonds is 11. The van der Waals surface area contributed by atoms with Gasteiger partial charge in [0.25, 0.3) is 5.91 Å². The van der Waals surface area contributed by atoms with Gasteiger partial charge in [0.15, 0.2) is 12.4 Å². The number of amides is 1. The number of β-amino-alcohol motifs (C(OH)–C–C–N with tert-alkyl or cyclic N) is 1. The number of carboxylic acid groups (broad SMARTS) is 1. The maximum atomic E-state index is 11.7. The molecule has 2 aromatic rings. The van der Waals surface area contributed by atoms with Crippen LogP contribution in [0.2, 0.25) is 0 Å². The zero-order valence-corrected chi connectivity index (χ0v) is 18.8. The number of aliphatic carboxylic acids is 1. The summed E-state index contributed by atoms with van der Waals surface area (Å²) >= 11 is 0. The summed E-state index contributed by atoms with van der Waals surface area (Å²) in [5.41, 5.74) is 1.52. The molecule has 1 amide bonds. The van der Waals surface area contributed by atoms with Crippen molar-refractivity contribution >= 4 is 23.3 Å². The lowest BCUT2D eigenvalue weighted by Gasteiger charge is -2.42. The van der Waals surface area contributed by atoms with Crippen LogP contribution in [0.1, 0.15) is 32.3 Å². The second-order valence-corrected chi connectivity index (χ2v) is 8.53. The molecule has 0 aliphatic carbocycles. The zero-order chi connectivity index (χ0) is 24.0. The van der Waals surface area contributed by atoms with E-state index < -0.39 is 11.5 Å². The standard InChI is InChI=1S/C24H30N2O7/c1-24(2,14-16-5-7-18(8-6-16)32-11-3-4-22(30)31)26(9-10-27)20-13-17(28)12-19-23(20)33-15-21(29)25-19/h5-8,12-13,27-28H,3-4,9-11,14-15H2,1-2H3,(H,25,29)(H,30,31). The number of carbonyl (C=O) groups is 2. The number of fused-ring (bicyclic) bond motifs is 1. The van der Waals surface area contributed by atoms with Crippen molar-refractivity contribution in [3.63, 3.8) is 0 Å². The van der Waals surface area contributed by atoms with E-state index in [9.17, 15) is 19.8 Å². The minimum Gasteiger partial charge on any atom is -0.508 e. The number of aliphatic hydroxyl groups excluding tert-OH is 1. The first kappa shape index (κ1) is 24.2. The highest BCUT2D eigenvalue weighted by molar-refractivity contribution is 5.97. The lowest BCUT2D eigenvalue weighted by atomic mass is 9.91. The van der Waals surface area contributed by atoms with Gasteiger partial charge in [0.1, 0.15) is 11.5 Å². The van der Waals surface area contributed by atoms with Crippen LogP contribution in [0.15, 0.2) is 36.4 Å². The third-order valence-electron chi connectivity index (χ3n) is 5.38. The SMILES string of the molecule is CC(C)(Cc1ccc(OCCCC(=O)O)cc1)N(CCO)c1cc(O)cc2c1OCC(=O)N2. The van der Waals surface area contributed by atoms with Gasteiger partial charge < -0.3 is 35.0 Å². The van der Waals surface area contributed by atoms with Crippen molar-refractivity contribution in [1.29, 1.82) is 0 Å². The Balaban J connectivity index is 1.77. The Hall–Kier alpha value is -3.46. The fraction of sp³-hybridized carbons (Fsp3) is 0.417. The van der Waals surface area contributed by atoms with Crippen molar-refractivity contribution in [2.75, 3.05) is 36.6 Å². The molecule has 4 N–H and O–H groups in total.